The minimum atomic E-state index is -0.964. The Bertz CT molecular complexity index is 610. The summed E-state index contributed by atoms with van der Waals surface area (Å²) in [6, 6.07) is 0. The number of carbonyl (C=O) groups is 1. The molecule has 3 nitrogen and oxygen atoms in total. The second-order valence-electron chi connectivity index (χ2n) is 9.87. The van der Waals surface area contributed by atoms with Gasteiger partial charge in [-0.2, -0.15) is 0 Å². The Morgan fingerprint density at radius 1 is 1.16 bits per heavy atom. The molecule has 4 rings (SSSR count). The number of Topliss-reactive ketones (excluding diaryl/α,β-unsaturated/α-hetero) is 1. The molecule has 0 spiro atoms. The van der Waals surface area contributed by atoms with Crippen molar-refractivity contribution in [1.82, 2.24) is 0 Å². The number of fused-ring (bicyclic) bond motifs is 5. The van der Waals surface area contributed by atoms with E-state index in [-0.39, 0.29) is 16.7 Å². The maximum atomic E-state index is 12.2. The first kappa shape index (κ1) is 17.7. The SMILES string of the molecule is COC1(O)CCC2(C)C(=CCC3C2CCC2(C)C(C(C)=O)CCC32)C1. The van der Waals surface area contributed by atoms with Crippen LogP contribution in [-0.4, -0.2) is 23.8 Å². The second kappa shape index (κ2) is 5.66. The highest BCUT2D eigenvalue weighted by Gasteiger charge is 2.60. The number of allylic oxidation sites excluding steroid dienone is 1. The molecule has 7 unspecified atom stereocenters. The summed E-state index contributed by atoms with van der Waals surface area (Å²) in [6.07, 6.45) is 10.7. The number of rotatable bonds is 2. The highest BCUT2D eigenvalue weighted by atomic mass is 16.6. The number of carbonyl (C=O) groups excluding carboxylic acids is 1. The van der Waals surface area contributed by atoms with Crippen LogP contribution in [0.3, 0.4) is 0 Å². The summed E-state index contributed by atoms with van der Waals surface area (Å²) in [5.74, 6) is 1.83. The molecule has 0 bridgehead atoms. The molecular formula is C22H34O3. The van der Waals surface area contributed by atoms with Crippen LogP contribution >= 0.6 is 0 Å². The zero-order chi connectivity index (χ0) is 18.0. The normalized spacial score (nSPS) is 52.0. The first-order valence-corrected chi connectivity index (χ1v) is 10.2. The van der Waals surface area contributed by atoms with Crippen LogP contribution in [-0.2, 0) is 9.53 Å². The van der Waals surface area contributed by atoms with E-state index < -0.39 is 5.79 Å². The summed E-state index contributed by atoms with van der Waals surface area (Å²) < 4.78 is 5.41. The molecule has 0 amide bonds. The van der Waals surface area contributed by atoms with Crippen LogP contribution < -0.4 is 0 Å². The molecule has 4 aliphatic carbocycles. The van der Waals surface area contributed by atoms with Crippen molar-refractivity contribution in [2.45, 2.75) is 77.9 Å². The van der Waals surface area contributed by atoms with Gasteiger partial charge in [0.15, 0.2) is 5.79 Å². The maximum absolute atomic E-state index is 12.2. The van der Waals surface area contributed by atoms with E-state index in [4.69, 9.17) is 4.74 Å². The van der Waals surface area contributed by atoms with Gasteiger partial charge in [-0.1, -0.05) is 25.5 Å². The van der Waals surface area contributed by atoms with Crippen LogP contribution in [0.4, 0.5) is 0 Å². The number of ether oxygens (including phenoxy) is 1. The summed E-state index contributed by atoms with van der Waals surface area (Å²) in [4.78, 5) is 12.2. The van der Waals surface area contributed by atoms with E-state index >= 15 is 0 Å². The van der Waals surface area contributed by atoms with Gasteiger partial charge in [0.05, 0.1) is 0 Å². The average molecular weight is 347 g/mol. The van der Waals surface area contributed by atoms with Gasteiger partial charge < -0.3 is 9.84 Å². The fourth-order valence-electron chi connectivity index (χ4n) is 7.46. The van der Waals surface area contributed by atoms with Crippen LogP contribution in [0.2, 0.25) is 0 Å². The summed E-state index contributed by atoms with van der Waals surface area (Å²) in [5, 5.41) is 10.6. The molecule has 0 heterocycles. The van der Waals surface area contributed by atoms with Crippen molar-refractivity contribution >= 4 is 5.78 Å². The molecule has 1 N–H and O–H groups in total. The van der Waals surface area contributed by atoms with E-state index in [0.29, 0.717) is 30.0 Å². The van der Waals surface area contributed by atoms with Gasteiger partial charge in [0.2, 0.25) is 0 Å². The Morgan fingerprint density at radius 3 is 2.60 bits per heavy atom. The smallest absolute Gasteiger partial charge is 0.168 e. The molecule has 140 valence electrons. The predicted molar refractivity (Wildman–Crippen MR) is 97.8 cm³/mol. The van der Waals surface area contributed by atoms with Crippen molar-refractivity contribution in [3.8, 4) is 0 Å². The van der Waals surface area contributed by atoms with Crippen molar-refractivity contribution in [3.05, 3.63) is 11.6 Å². The molecule has 4 aliphatic rings. The zero-order valence-corrected chi connectivity index (χ0v) is 16.3. The van der Waals surface area contributed by atoms with Gasteiger partial charge in [-0.05, 0) is 74.0 Å². The average Bonchev–Trinajstić information content (AvgIpc) is 2.93. The quantitative estimate of drug-likeness (QED) is 0.592. The number of hydrogen-bond acceptors (Lipinski definition) is 3. The standard InChI is InChI=1S/C22H34O3/c1-14(23)17-7-8-18-16-6-5-15-13-22(24,25-4)12-11-20(15,2)19(16)9-10-21(17,18)3/h5,16-19,24H,6-13H2,1-4H3. The van der Waals surface area contributed by atoms with Crippen molar-refractivity contribution in [3.63, 3.8) is 0 Å². The monoisotopic (exact) mass is 346 g/mol. The highest BCUT2D eigenvalue weighted by molar-refractivity contribution is 5.79. The van der Waals surface area contributed by atoms with E-state index in [1.807, 2.05) is 0 Å². The summed E-state index contributed by atoms with van der Waals surface area (Å²) in [5.41, 5.74) is 1.86. The van der Waals surface area contributed by atoms with Gasteiger partial charge in [0.25, 0.3) is 0 Å². The van der Waals surface area contributed by atoms with Crippen molar-refractivity contribution < 1.29 is 14.6 Å². The lowest BCUT2D eigenvalue weighted by atomic mass is 9.47. The van der Waals surface area contributed by atoms with Gasteiger partial charge in [-0.3, -0.25) is 4.79 Å². The molecule has 3 fully saturated rings. The lowest BCUT2D eigenvalue weighted by molar-refractivity contribution is -0.209. The molecule has 3 heteroatoms. The molecule has 0 aromatic rings. The topological polar surface area (TPSA) is 46.5 Å². The molecule has 0 aliphatic heterocycles. The Morgan fingerprint density at radius 2 is 1.92 bits per heavy atom. The summed E-state index contributed by atoms with van der Waals surface area (Å²) in [6.45, 7) is 6.64. The zero-order valence-electron chi connectivity index (χ0n) is 16.3. The van der Waals surface area contributed by atoms with Crippen LogP contribution in [0, 0.1) is 34.5 Å². The Balaban J connectivity index is 1.64. The van der Waals surface area contributed by atoms with Gasteiger partial charge in [-0.25, -0.2) is 0 Å². The summed E-state index contributed by atoms with van der Waals surface area (Å²) >= 11 is 0. The van der Waals surface area contributed by atoms with Crippen molar-refractivity contribution in [2.75, 3.05) is 7.11 Å². The van der Waals surface area contributed by atoms with Crippen molar-refractivity contribution in [2.24, 2.45) is 34.5 Å². The minimum absolute atomic E-state index is 0.212. The number of ketones is 1. The van der Waals surface area contributed by atoms with Crippen molar-refractivity contribution in [1.29, 1.82) is 0 Å². The Hall–Kier alpha value is -0.670. The van der Waals surface area contributed by atoms with E-state index in [2.05, 4.69) is 19.9 Å². The van der Waals surface area contributed by atoms with E-state index in [1.165, 1.54) is 24.8 Å². The van der Waals surface area contributed by atoms with Gasteiger partial charge in [-0.15, -0.1) is 0 Å². The molecular weight excluding hydrogens is 312 g/mol. The van der Waals surface area contributed by atoms with E-state index in [9.17, 15) is 9.90 Å². The minimum Gasteiger partial charge on any atom is -0.365 e. The van der Waals surface area contributed by atoms with Gasteiger partial charge in [0.1, 0.15) is 5.78 Å². The van der Waals surface area contributed by atoms with Crippen LogP contribution in [0.5, 0.6) is 0 Å². The van der Waals surface area contributed by atoms with Crippen LogP contribution in [0.1, 0.15) is 72.1 Å². The molecule has 25 heavy (non-hydrogen) atoms. The van der Waals surface area contributed by atoms with Crippen LogP contribution in [0.15, 0.2) is 11.6 Å². The maximum Gasteiger partial charge on any atom is 0.168 e. The number of methoxy groups -OCH3 is 1. The number of aliphatic hydroxyl groups is 1. The Kier molecular flexibility index (Phi) is 4.01. The van der Waals surface area contributed by atoms with Crippen LogP contribution in [0.25, 0.3) is 0 Å². The highest BCUT2D eigenvalue weighted by Crippen LogP contribution is 2.66. The predicted octanol–water partition coefficient (Wildman–Crippen LogP) is 4.49. The third-order valence-corrected chi connectivity index (χ3v) is 9.00. The fourth-order valence-corrected chi connectivity index (χ4v) is 7.46. The number of hydrogen-bond donors (Lipinski definition) is 1. The second-order valence-corrected chi connectivity index (χ2v) is 9.87. The molecule has 7 atom stereocenters. The molecule has 3 saturated carbocycles. The molecule has 0 aromatic heterocycles. The van der Waals surface area contributed by atoms with E-state index in [0.717, 1.165) is 25.7 Å². The first-order chi connectivity index (χ1) is 11.7. The largest absolute Gasteiger partial charge is 0.365 e. The fraction of sp³-hybridized carbons (Fsp3) is 0.864. The molecule has 0 saturated heterocycles. The van der Waals surface area contributed by atoms with Gasteiger partial charge >= 0.3 is 0 Å². The lowest BCUT2D eigenvalue weighted by Crippen LogP contribution is -2.52. The third kappa shape index (κ3) is 2.41. The van der Waals surface area contributed by atoms with Gasteiger partial charge in [0, 0.05) is 25.9 Å². The molecule has 0 radical (unpaired) electrons. The lowest BCUT2D eigenvalue weighted by Gasteiger charge is -2.58. The third-order valence-electron chi connectivity index (χ3n) is 9.00. The molecule has 0 aromatic carbocycles. The Labute approximate surface area is 152 Å². The summed E-state index contributed by atoms with van der Waals surface area (Å²) in [7, 11) is 1.63. The first-order valence-electron chi connectivity index (χ1n) is 10.2. The van der Waals surface area contributed by atoms with E-state index in [1.54, 1.807) is 14.0 Å².